The van der Waals surface area contributed by atoms with Crippen LogP contribution in [0.4, 0.5) is 20.2 Å². The highest BCUT2D eigenvalue weighted by atomic mass is 35.5. The van der Waals surface area contributed by atoms with Gasteiger partial charge in [-0.05, 0) is 54.6 Å². The van der Waals surface area contributed by atoms with Gasteiger partial charge in [0.2, 0.25) is 11.8 Å². The molecule has 2 N–H and O–H groups in total. The standard InChI is InChI=1S/C27H26ClF2N3O6/c28-18-5-10-22-21(15-18)32-26(35)17-33(11-12-36-13-14-37-23-3-1-2-4-24(23)39-22)16-25(34)31-19-6-8-20(9-7-19)38-27(29)30/h1-10,15,27H,11-14,16-17H2,(H,31,34)(H,32,35). The number of hydrogen-bond acceptors (Lipinski definition) is 7. The Morgan fingerprint density at radius 1 is 1.03 bits per heavy atom. The van der Waals surface area contributed by atoms with E-state index >= 15 is 0 Å². The van der Waals surface area contributed by atoms with Crippen LogP contribution in [0.1, 0.15) is 0 Å². The highest BCUT2D eigenvalue weighted by Crippen LogP contribution is 2.36. The number of benzene rings is 3. The Kier molecular flexibility index (Phi) is 9.90. The van der Waals surface area contributed by atoms with E-state index in [1.165, 1.54) is 24.3 Å². The molecule has 1 aliphatic heterocycles. The minimum absolute atomic E-state index is 0.0288. The van der Waals surface area contributed by atoms with Gasteiger partial charge in [0.15, 0.2) is 17.2 Å². The Bertz CT molecular complexity index is 1280. The monoisotopic (exact) mass is 561 g/mol. The summed E-state index contributed by atoms with van der Waals surface area (Å²) in [6.45, 7) is -2.15. The zero-order valence-electron chi connectivity index (χ0n) is 20.7. The minimum Gasteiger partial charge on any atom is -0.487 e. The fourth-order valence-electron chi connectivity index (χ4n) is 3.70. The number of fused-ring (bicyclic) bond motifs is 2. The van der Waals surface area contributed by atoms with Gasteiger partial charge in [0.05, 0.1) is 32.0 Å². The first-order chi connectivity index (χ1) is 18.9. The average molecular weight is 562 g/mol. The van der Waals surface area contributed by atoms with Crippen molar-refractivity contribution in [3.63, 3.8) is 0 Å². The summed E-state index contributed by atoms with van der Waals surface area (Å²) in [5.74, 6) is 0.488. The zero-order valence-corrected chi connectivity index (χ0v) is 21.5. The fraction of sp³-hybridized carbons (Fsp3) is 0.259. The summed E-state index contributed by atoms with van der Waals surface area (Å²) in [5, 5.41) is 5.87. The second-order valence-corrected chi connectivity index (χ2v) is 8.80. The van der Waals surface area contributed by atoms with E-state index in [-0.39, 0.29) is 45.2 Å². The molecule has 0 fully saturated rings. The number of para-hydroxylation sites is 2. The van der Waals surface area contributed by atoms with Crippen molar-refractivity contribution >= 4 is 34.8 Å². The maximum atomic E-state index is 13.0. The molecular formula is C27H26ClF2N3O6. The van der Waals surface area contributed by atoms with Crippen LogP contribution in [0.25, 0.3) is 0 Å². The number of carbonyl (C=O) groups excluding carboxylic acids is 2. The zero-order chi connectivity index (χ0) is 27.6. The number of nitrogens with zero attached hydrogens (tertiary/aromatic N) is 1. The summed E-state index contributed by atoms with van der Waals surface area (Å²) in [6, 6.07) is 17.5. The van der Waals surface area contributed by atoms with E-state index in [9.17, 15) is 18.4 Å². The molecule has 39 heavy (non-hydrogen) atoms. The molecule has 0 spiro atoms. The summed E-state index contributed by atoms with van der Waals surface area (Å²) in [7, 11) is 0. The SMILES string of the molecule is O=C(CN1CCOCCOc2ccccc2Oc2ccc(Cl)cc2NC(=O)C1)Nc1ccc(OC(F)F)cc1. The Morgan fingerprint density at radius 2 is 1.79 bits per heavy atom. The van der Waals surface area contributed by atoms with Gasteiger partial charge >= 0.3 is 6.61 Å². The quantitative estimate of drug-likeness (QED) is 0.451. The van der Waals surface area contributed by atoms with Gasteiger partial charge in [-0.25, -0.2) is 0 Å². The number of anilines is 2. The van der Waals surface area contributed by atoms with Gasteiger partial charge in [-0.1, -0.05) is 23.7 Å². The van der Waals surface area contributed by atoms with Gasteiger partial charge in [0.25, 0.3) is 0 Å². The summed E-state index contributed by atoms with van der Waals surface area (Å²) < 4.78 is 46.5. The molecule has 0 unspecified atom stereocenters. The molecule has 1 aliphatic rings. The van der Waals surface area contributed by atoms with E-state index in [0.717, 1.165) is 0 Å². The third kappa shape index (κ3) is 8.81. The summed E-state index contributed by atoms with van der Waals surface area (Å²) in [6.07, 6.45) is 0. The highest BCUT2D eigenvalue weighted by molar-refractivity contribution is 6.31. The topological polar surface area (TPSA) is 98.4 Å². The molecule has 0 atom stereocenters. The normalized spacial score (nSPS) is 14.9. The van der Waals surface area contributed by atoms with Crippen LogP contribution in [0.5, 0.6) is 23.0 Å². The fourth-order valence-corrected chi connectivity index (χ4v) is 3.87. The molecule has 206 valence electrons. The minimum atomic E-state index is -2.94. The number of alkyl halides is 2. The number of hydrogen-bond donors (Lipinski definition) is 2. The molecule has 0 radical (unpaired) electrons. The third-order valence-corrected chi connectivity index (χ3v) is 5.65. The van der Waals surface area contributed by atoms with Crippen molar-refractivity contribution in [2.24, 2.45) is 0 Å². The maximum absolute atomic E-state index is 13.0. The smallest absolute Gasteiger partial charge is 0.387 e. The van der Waals surface area contributed by atoms with E-state index in [4.69, 9.17) is 25.8 Å². The second-order valence-electron chi connectivity index (χ2n) is 8.36. The summed E-state index contributed by atoms with van der Waals surface area (Å²) >= 11 is 6.17. The predicted molar refractivity (Wildman–Crippen MR) is 141 cm³/mol. The van der Waals surface area contributed by atoms with Gasteiger partial charge in [-0.15, -0.1) is 0 Å². The lowest BCUT2D eigenvalue weighted by Crippen LogP contribution is -2.40. The van der Waals surface area contributed by atoms with E-state index < -0.39 is 18.4 Å². The van der Waals surface area contributed by atoms with Crippen LogP contribution < -0.4 is 24.8 Å². The summed E-state index contributed by atoms with van der Waals surface area (Å²) in [4.78, 5) is 27.3. The molecule has 12 heteroatoms. The number of rotatable bonds is 5. The maximum Gasteiger partial charge on any atom is 0.387 e. The first-order valence-corrected chi connectivity index (χ1v) is 12.4. The van der Waals surface area contributed by atoms with E-state index in [1.807, 2.05) is 6.07 Å². The number of nitrogens with one attached hydrogen (secondary N) is 2. The first kappa shape index (κ1) is 28.1. The van der Waals surface area contributed by atoms with Gasteiger partial charge in [-0.2, -0.15) is 8.78 Å². The average Bonchev–Trinajstić information content (AvgIpc) is 2.89. The lowest BCUT2D eigenvalue weighted by molar-refractivity contribution is -0.120. The third-order valence-electron chi connectivity index (χ3n) is 5.42. The molecular weight excluding hydrogens is 536 g/mol. The molecule has 0 saturated carbocycles. The van der Waals surface area contributed by atoms with Gasteiger partial charge in [0.1, 0.15) is 12.4 Å². The Labute approximate surface area is 228 Å². The number of halogens is 3. The van der Waals surface area contributed by atoms with Crippen molar-refractivity contribution in [3.05, 3.63) is 71.8 Å². The van der Waals surface area contributed by atoms with Gasteiger partial charge in [-0.3, -0.25) is 14.5 Å². The molecule has 3 aromatic rings. The van der Waals surface area contributed by atoms with Gasteiger partial charge in [0, 0.05) is 17.3 Å². The van der Waals surface area contributed by atoms with Gasteiger partial charge < -0.3 is 29.6 Å². The van der Waals surface area contributed by atoms with Crippen LogP contribution >= 0.6 is 11.6 Å². The van der Waals surface area contributed by atoms with E-state index in [1.54, 1.807) is 41.3 Å². The lowest BCUT2D eigenvalue weighted by Gasteiger charge is -2.21. The molecule has 0 bridgehead atoms. The van der Waals surface area contributed by atoms with Crippen molar-refractivity contribution in [1.29, 1.82) is 0 Å². The van der Waals surface area contributed by atoms with E-state index in [2.05, 4.69) is 15.4 Å². The molecule has 2 amide bonds. The molecule has 1 heterocycles. The Balaban J connectivity index is 1.45. The number of carbonyl (C=O) groups is 2. The van der Waals surface area contributed by atoms with Crippen LogP contribution in [-0.2, 0) is 14.3 Å². The first-order valence-electron chi connectivity index (χ1n) is 12.0. The van der Waals surface area contributed by atoms with Crippen LogP contribution in [0, 0.1) is 0 Å². The summed E-state index contributed by atoms with van der Waals surface area (Å²) in [5.41, 5.74) is 0.738. The Hall–Kier alpha value is -3.93. The molecule has 4 rings (SSSR count). The largest absolute Gasteiger partial charge is 0.487 e. The highest BCUT2D eigenvalue weighted by Gasteiger charge is 2.18. The number of amides is 2. The second kappa shape index (κ2) is 13.7. The molecule has 9 nitrogen and oxygen atoms in total. The molecule has 0 aromatic heterocycles. The molecule has 0 saturated heterocycles. The van der Waals surface area contributed by atoms with Crippen LogP contribution in [0.3, 0.4) is 0 Å². The lowest BCUT2D eigenvalue weighted by atomic mass is 10.2. The van der Waals surface area contributed by atoms with Crippen LogP contribution in [0.2, 0.25) is 5.02 Å². The Morgan fingerprint density at radius 3 is 2.56 bits per heavy atom. The van der Waals surface area contributed by atoms with Crippen molar-refractivity contribution < 1.29 is 37.3 Å². The van der Waals surface area contributed by atoms with E-state index in [0.29, 0.717) is 33.6 Å². The molecule has 0 aliphatic carbocycles. The predicted octanol–water partition coefficient (Wildman–Crippen LogP) is 5.02. The van der Waals surface area contributed by atoms with Crippen molar-refractivity contribution in [3.8, 4) is 23.0 Å². The number of ether oxygens (including phenoxy) is 4. The van der Waals surface area contributed by atoms with Crippen molar-refractivity contribution in [2.45, 2.75) is 6.61 Å². The van der Waals surface area contributed by atoms with Crippen molar-refractivity contribution in [1.82, 2.24) is 4.90 Å². The van der Waals surface area contributed by atoms with Crippen LogP contribution in [0.15, 0.2) is 66.7 Å². The van der Waals surface area contributed by atoms with Crippen LogP contribution in [-0.4, -0.2) is 62.8 Å². The van der Waals surface area contributed by atoms with Crippen molar-refractivity contribution in [2.75, 3.05) is 50.1 Å². The molecule has 3 aromatic carbocycles.